The second-order valence-corrected chi connectivity index (χ2v) is 5.51. The monoisotopic (exact) mass is 223 g/mol. The highest BCUT2D eigenvalue weighted by molar-refractivity contribution is 7.07. The molecule has 1 fully saturated rings. The van der Waals surface area contributed by atoms with Crippen molar-refractivity contribution < 1.29 is 0 Å². The number of hydrogen-bond acceptors (Lipinski definition) is 2. The zero-order chi connectivity index (χ0) is 10.5. The summed E-state index contributed by atoms with van der Waals surface area (Å²) in [6.07, 6.45) is 7.04. The molecule has 1 aliphatic rings. The van der Waals surface area contributed by atoms with Crippen LogP contribution in [0.25, 0.3) is 0 Å². The first-order chi connectivity index (χ1) is 7.36. The molecule has 84 valence electrons. The summed E-state index contributed by atoms with van der Waals surface area (Å²) >= 11 is 1.79. The van der Waals surface area contributed by atoms with Crippen molar-refractivity contribution in [3.63, 3.8) is 0 Å². The summed E-state index contributed by atoms with van der Waals surface area (Å²) in [4.78, 5) is 0. The predicted octanol–water partition coefficient (Wildman–Crippen LogP) is 3.81. The predicted molar refractivity (Wildman–Crippen MR) is 67.2 cm³/mol. The first-order valence-electron chi connectivity index (χ1n) is 6.11. The third-order valence-corrected chi connectivity index (χ3v) is 4.24. The van der Waals surface area contributed by atoms with Crippen molar-refractivity contribution in [2.45, 2.75) is 51.6 Å². The Morgan fingerprint density at radius 3 is 3.00 bits per heavy atom. The van der Waals surface area contributed by atoms with Crippen LogP contribution in [0.5, 0.6) is 0 Å². The van der Waals surface area contributed by atoms with Crippen molar-refractivity contribution in [1.29, 1.82) is 0 Å². The minimum absolute atomic E-state index is 0.743. The van der Waals surface area contributed by atoms with Gasteiger partial charge in [-0.2, -0.15) is 11.3 Å². The van der Waals surface area contributed by atoms with Crippen LogP contribution >= 0.6 is 11.3 Å². The van der Waals surface area contributed by atoms with Crippen LogP contribution in [0.4, 0.5) is 0 Å². The van der Waals surface area contributed by atoms with E-state index >= 15 is 0 Å². The molecule has 1 aromatic rings. The van der Waals surface area contributed by atoms with Gasteiger partial charge in [0.25, 0.3) is 0 Å². The Balaban J connectivity index is 1.81. The topological polar surface area (TPSA) is 12.0 Å². The Hall–Kier alpha value is -0.340. The molecule has 1 aliphatic carbocycles. The second-order valence-electron chi connectivity index (χ2n) is 4.73. The Labute approximate surface area is 96.9 Å². The summed E-state index contributed by atoms with van der Waals surface area (Å²) in [5, 5.41) is 8.13. The Bertz CT molecular complexity index is 268. The zero-order valence-corrected chi connectivity index (χ0v) is 10.4. The van der Waals surface area contributed by atoms with E-state index in [9.17, 15) is 0 Å². The van der Waals surface area contributed by atoms with E-state index in [4.69, 9.17) is 0 Å². The molecule has 0 amide bonds. The van der Waals surface area contributed by atoms with Gasteiger partial charge < -0.3 is 5.32 Å². The van der Waals surface area contributed by atoms with Gasteiger partial charge in [-0.1, -0.05) is 26.2 Å². The SMILES string of the molecule is CC1CCCCCC1NCc1ccsc1. The summed E-state index contributed by atoms with van der Waals surface area (Å²) in [5.41, 5.74) is 1.44. The van der Waals surface area contributed by atoms with Crippen molar-refractivity contribution in [3.8, 4) is 0 Å². The average molecular weight is 223 g/mol. The normalized spacial score (nSPS) is 27.5. The average Bonchev–Trinajstić information content (AvgIpc) is 2.67. The summed E-state index contributed by atoms with van der Waals surface area (Å²) < 4.78 is 0. The summed E-state index contributed by atoms with van der Waals surface area (Å²) in [7, 11) is 0. The van der Waals surface area contributed by atoms with Gasteiger partial charge in [0.05, 0.1) is 0 Å². The third-order valence-electron chi connectivity index (χ3n) is 3.51. The van der Waals surface area contributed by atoms with Crippen molar-refractivity contribution in [1.82, 2.24) is 5.32 Å². The lowest BCUT2D eigenvalue weighted by molar-refractivity contribution is 0.356. The molecule has 1 nitrogen and oxygen atoms in total. The molecule has 0 aliphatic heterocycles. The lowest BCUT2D eigenvalue weighted by atomic mass is 9.97. The highest BCUT2D eigenvalue weighted by Gasteiger charge is 2.18. The van der Waals surface area contributed by atoms with Gasteiger partial charge in [0.15, 0.2) is 0 Å². The van der Waals surface area contributed by atoms with Gasteiger partial charge in [-0.3, -0.25) is 0 Å². The van der Waals surface area contributed by atoms with E-state index in [-0.39, 0.29) is 0 Å². The third kappa shape index (κ3) is 3.32. The second kappa shape index (κ2) is 5.66. The summed E-state index contributed by atoms with van der Waals surface area (Å²) in [6.45, 7) is 3.45. The van der Waals surface area contributed by atoms with Gasteiger partial charge in [-0.25, -0.2) is 0 Å². The van der Waals surface area contributed by atoms with Crippen LogP contribution in [0, 0.1) is 5.92 Å². The van der Waals surface area contributed by atoms with Crippen LogP contribution in [0.15, 0.2) is 16.8 Å². The molecule has 1 N–H and O–H groups in total. The quantitative estimate of drug-likeness (QED) is 0.768. The number of hydrogen-bond donors (Lipinski definition) is 1. The largest absolute Gasteiger partial charge is 0.310 e. The Morgan fingerprint density at radius 1 is 1.33 bits per heavy atom. The summed E-state index contributed by atoms with van der Waals surface area (Å²) in [6, 6.07) is 2.96. The van der Waals surface area contributed by atoms with Crippen LogP contribution in [0.1, 0.15) is 44.6 Å². The molecule has 2 unspecified atom stereocenters. The van der Waals surface area contributed by atoms with Crippen molar-refractivity contribution >= 4 is 11.3 Å². The van der Waals surface area contributed by atoms with Crippen LogP contribution in [0.2, 0.25) is 0 Å². The van der Waals surface area contributed by atoms with Crippen molar-refractivity contribution in [2.75, 3.05) is 0 Å². The Morgan fingerprint density at radius 2 is 2.20 bits per heavy atom. The first-order valence-corrected chi connectivity index (χ1v) is 7.05. The molecule has 1 heterocycles. The van der Waals surface area contributed by atoms with Gasteiger partial charge in [-0.05, 0) is 41.1 Å². The van der Waals surface area contributed by atoms with Gasteiger partial charge >= 0.3 is 0 Å². The van der Waals surface area contributed by atoms with E-state index in [1.807, 2.05) is 0 Å². The van der Waals surface area contributed by atoms with E-state index in [0.717, 1.165) is 18.5 Å². The van der Waals surface area contributed by atoms with Crippen LogP contribution < -0.4 is 5.32 Å². The maximum atomic E-state index is 3.72. The van der Waals surface area contributed by atoms with E-state index in [0.29, 0.717) is 0 Å². The van der Waals surface area contributed by atoms with Gasteiger partial charge in [0, 0.05) is 12.6 Å². The van der Waals surface area contributed by atoms with Crippen molar-refractivity contribution in [2.24, 2.45) is 5.92 Å². The number of nitrogens with one attached hydrogen (secondary N) is 1. The van der Waals surface area contributed by atoms with Gasteiger partial charge in [0.2, 0.25) is 0 Å². The molecule has 2 heteroatoms. The van der Waals surface area contributed by atoms with Crippen LogP contribution in [0.3, 0.4) is 0 Å². The Kier molecular flexibility index (Phi) is 4.21. The fraction of sp³-hybridized carbons (Fsp3) is 0.692. The minimum atomic E-state index is 0.743. The van der Waals surface area contributed by atoms with Gasteiger partial charge in [-0.15, -0.1) is 0 Å². The van der Waals surface area contributed by atoms with E-state index in [2.05, 4.69) is 29.1 Å². The van der Waals surface area contributed by atoms with Crippen LogP contribution in [-0.2, 0) is 6.54 Å². The molecular weight excluding hydrogens is 202 g/mol. The first kappa shape index (κ1) is 11.2. The molecule has 15 heavy (non-hydrogen) atoms. The number of thiophene rings is 1. The fourth-order valence-electron chi connectivity index (χ4n) is 2.44. The van der Waals surface area contributed by atoms with Crippen LogP contribution in [-0.4, -0.2) is 6.04 Å². The molecule has 0 aromatic carbocycles. The molecule has 0 saturated heterocycles. The zero-order valence-electron chi connectivity index (χ0n) is 9.54. The molecule has 0 spiro atoms. The maximum Gasteiger partial charge on any atom is 0.0216 e. The van der Waals surface area contributed by atoms with Crippen molar-refractivity contribution in [3.05, 3.63) is 22.4 Å². The van der Waals surface area contributed by atoms with E-state index in [1.165, 1.54) is 37.7 Å². The lowest BCUT2D eigenvalue weighted by Crippen LogP contribution is -2.33. The smallest absolute Gasteiger partial charge is 0.0216 e. The minimum Gasteiger partial charge on any atom is -0.310 e. The molecule has 0 bridgehead atoms. The van der Waals surface area contributed by atoms with Gasteiger partial charge in [0.1, 0.15) is 0 Å². The molecule has 1 aromatic heterocycles. The highest BCUT2D eigenvalue weighted by Crippen LogP contribution is 2.23. The van der Waals surface area contributed by atoms with E-state index in [1.54, 1.807) is 11.3 Å². The lowest BCUT2D eigenvalue weighted by Gasteiger charge is -2.22. The summed E-state index contributed by atoms with van der Waals surface area (Å²) in [5.74, 6) is 0.853. The molecule has 1 saturated carbocycles. The highest BCUT2D eigenvalue weighted by atomic mass is 32.1. The maximum absolute atomic E-state index is 3.72. The number of rotatable bonds is 3. The standard InChI is InChI=1S/C13H21NS/c1-11-5-3-2-4-6-13(11)14-9-12-7-8-15-10-12/h7-8,10-11,13-14H,2-6,9H2,1H3. The molecule has 0 radical (unpaired) electrons. The molecule has 2 rings (SSSR count). The van der Waals surface area contributed by atoms with E-state index < -0.39 is 0 Å². The fourth-order valence-corrected chi connectivity index (χ4v) is 3.11. The molecule has 2 atom stereocenters. The molecular formula is C13H21NS.